The summed E-state index contributed by atoms with van der Waals surface area (Å²) >= 11 is 1.18. The number of thiazole rings is 1. The first kappa shape index (κ1) is 13.5. The van der Waals surface area contributed by atoms with Crippen molar-refractivity contribution in [3.63, 3.8) is 0 Å². The van der Waals surface area contributed by atoms with Crippen molar-refractivity contribution >= 4 is 17.2 Å². The first-order chi connectivity index (χ1) is 8.86. The minimum absolute atomic E-state index is 0.206. The minimum Gasteiger partial charge on any atom is -0.343 e. The van der Waals surface area contributed by atoms with Crippen molar-refractivity contribution in [2.75, 3.05) is 0 Å². The maximum Gasteiger partial charge on any atom is 0.471 e. The van der Waals surface area contributed by atoms with E-state index >= 15 is 0 Å². The molecule has 2 heterocycles. The Morgan fingerprint density at radius 1 is 1.53 bits per heavy atom. The van der Waals surface area contributed by atoms with E-state index in [2.05, 4.69) is 10.1 Å². The Hall–Kier alpha value is -1.90. The second-order valence-electron chi connectivity index (χ2n) is 3.69. The van der Waals surface area contributed by atoms with Crippen molar-refractivity contribution in [1.29, 1.82) is 0 Å². The third-order valence-electron chi connectivity index (χ3n) is 2.17. The van der Waals surface area contributed by atoms with E-state index in [0.717, 1.165) is 0 Å². The van der Waals surface area contributed by atoms with Gasteiger partial charge in [0.15, 0.2) is 0 Å². The van der Waals surface area contributed by atoms with Gasteiger partial charge in [-0.05, 0) is 6.07 Å². The van der Waals surface area contributed by atoms with E-state index in [1.54, 1.807) is 29.3 Å². The molecular weight excluding hydrogens is 281 g/mol. The molecule has 0 unspecified atom stereocenters. The highest BCUT2D eigenvalue weighted by atomic mass is 32.1. The lowest BCUT2D eigenvalue weighted by Gasteiger charge is -2.05. The minimum atomic E-state index is -4.87. The molecule has 5 nitrogen and oxygen atoms in total. The molecule has 0 aromatic carbocycles. The summed E-state index contributed by atoms with van der Waals surface area (Å²) in [5, 5.41) is 6.51. The summed E-state index contributed by atoms with van der Waals surface area (Å²) in [6.45, 7) is -0.206. The summed E-state index contributed by atoms with van der Waals surface area (Å²) < 4.78 is 37.6. The number of rotatable bonds is 3. The number of alkyl halides is 3. The molecule has 0 atom stereocenters. The number of nitrogens with one attached hydrogen (secondary N) is 1. The number of hydrogen-bond donors (Lipinski definition) is 1. The molecule has 2 rings (SSSR count). The number of amides is 1. The fourth-order valence-corrected chi connectivity index (χ4v) is 2.12. The Morgan fingerprint density at radius 3 is 2.84 bits per heavy atom. The molecule has 2 aromatic rings. The summed E-state index contributed by atoms with van der Waals surface area (Å²) in [6.07, 6.45) is -1.71. The Labute approximate surface area is 110 Å². The number of hydrogen-bond acceptors (Lipinski definition) is 4. The highest BCUT2D eigenvalue weighted by molar-refractivity contribution is 7.15. The van der Waals surface area contributed by atoms with E-state index in [0.29, 0.717) is 15.6 Å². The van der Waals surface area contributed by atoms with E-state index < -0.39 is 12.1 Å². The van der Waals surface area contributed by atoms with Gasteiger partial charge in [0.1, 0.15) is 10.7 Å². The average Bonchev–Trinajstić information content (AvgIpc) is 2.93. The van der Waals surface area contributed by atoms with Crippen LogP contribution >= 0.6 is 11.3 Å². The molecule has 1 amide bonds. The summed E-state index contributed by atoms with van der Waals surface area (Å²) in [7, 11) is 1.75. The van der Waals surface area contributed by atoms with Crippen LogP contribution in [0.5, 0.6) is 0 Å². The molecule has 0 aliphatic carbocycles. The lowest BCUT2D eigenvalue weighted by molar-refractivity contribution is -0.173. The molecule has 0 aliphatic rings. The van der Waals surface area contributed by atoms with Crippen LogP contribution in [0.25, 0.3) is 10.7 Å². The molecule has 0 saturated carbocycles. The summed E-state index contributed by atoms with van der Waals surface area (Å²) in [5.41, 5.74) is 0.640. The van der Waals surface area contributed by atoms with Gasteiger partial charge in [-0.15, -0.1) is 11.3 Å². The predicted molar refractivity (Wildman–Crippen MR) is 62.2 cm³/mol. The maximum atomic E-state index is 12.0. The van der Waals surface area contributed by atoms with Gasteiger partial charge in [-0.1, -0.05) is 0 Å². The summed E-state index contributed by atoms with van der Waals surface area (Å²) in [6, 6.07) is 1.75. The zero-order valence-corrected chi connectivity index (χ0v) is 10.5. The lowest BCUT2D eigenvalue weighted by atomic mass is 10.4. The summed E-state index contributed by atoms with van der Waals surface area (Å²) in [4.78, 5) is 15.2. The molecule has 0 aliphatic heterocycles. The highest BCUT2D eigenvalue weighted by Gasteiger charge is 2.38. The van der Waals surface area contributed by atoms with E-state index in [1.165, 1.54) is 17.5 Å². The van der Waals surface area contributed by atoms with Gasteiger partial charge in [-0.25, -0.2) is 4.98 Å². The number of nitrogens with zero attached hydrogens (tertiary/aromatic N) is 3. The molecule has 19 heavy (non-hydrogen) atoms. The smallest absolute Gasteiger partial charge is 0.343 e. The van der Waals surface area contributed by atoms with Crippen molar-refractivity contribution in [3.05, 3.63) is 23.3 Å². The molecule has 1 N–H and O–H groups in total. The van der Waals surface area contributed by atoms with Gasteiger partial charge in [0, 0.05) is 24.3 Å². The summed E-state index contributed by atoms with van der Waals surface area (Å²) in [5.74, 6) is -1.96. The van der Waals surface area contributed by atoms with Crippen LogP contribution in [0.3, 0.4) is 0 Å². The zero-order valence-electron chi connectivity index (χ0n) is 9.73. The third-order valence-corrected chi connectivity index (χ3v) is 3.19. The standard InChI is InChI=1S/C10H9F3N4OS/c1-17-3-2-7(16-17)8-14-4-6(19-8)5-15-9(18)10(11,12)13/h2-4H,5H2,1H3,(H,15,18). The molecular formula is C10H9F3N4OS. The normalized spacial score (nSPS) is 11.6. The lowest BCUT2D eigenvalue weighted by Crippen LogP contribution is -2.36. The molecule has 0 saturated heterocycles. The SMILES string of the molecule is Cn1ccc(-c2ncc(CNC(=O)C(F)(F)F)s2)n1. The van der Waals surface area contributed by atoms with Crippen LogP contribution in [0, 0.1) is 0 Å². The molecule has 9 heteroatoms. The molecule has 102 valence electrons. The number of carbonyl (C=O) groups is 1. The zero-order chi connectivity index (χ0) is 14.0. The van der Waals surface area contributed by atoms with Crippen LogP contribution in [-0.2, 0) is 18.4 Å². The third kappa shape index (κ3) is 3.31. The van der Waals surface area contributed by atoms with Crippen LogP contribution in [0.4, 0.5) is 13.2 Å². The molecule has 0 radical (unpaired) electrons. The second kappa shape index (κ2) is 5.00. The average molecular weight is 290 g/mol. The van der Waals surface area contributed by atoms with Crippen molar-refractivity contribution in [3.8, 4) is 10.7 Å². The Bertz CT molecular complexity index is 590. The topological polar surface area (TPSA) is 59.8 Å². The fraction of sp³-hybridized carbons (Fsp3) is 0.300. The maximum absolute atomic E-state index is 12.0. The van der Waals surface area contributed by atoms with E-state index in [1.807, 2.05) is 0 Å². The van der Waals surface area contributed by atoms with Gasteiger partial charge < -0.3 is 5.32 Å². The van der Waals surface area contributed by atoms with Crippen molar-refractivity contribution in [2.45, 2.75) is 12.7 Å². The second-order valence-corrected chi connectivity index (χ2v) is 4.80. The van der Waals surface area contributed by atoms with E-state index in [4.69, 9.17) is 0 Å². The highest BCUT2D eigenvalue weighted by Crippen LogP contribution is 2.23. The number of halogens is 3. The number of aromatic nitrogens is 3. The molecule has 0 bridgehead atoms. The van der Waals surface area contributed by atoms with Gasteiger partial charge in [0.2, 0.25) is 0 Å². The van der Waals surface area contributed by atoms with Crippen LogP contribution in [0.15, 0.2) is 18.5 Å². The number of aryl methyl sites for hydroxylation is 1. The Kier molecular flexibility index (Phi) is 3.56. The van der Waals surface area contributed by atoms with Gasteiger partial charge >= 0.3 is 12.1 Å². The van der Waals surface area contributed by atoms with Crippen LogP contribution in [0.1, 0.15) is 4.88 Å². The number of carbonyl (C=O) groups excluding carboxylic acids is 1. The van der Waals surface area contributed by atoms with Gasteiger partial charge in [-0.2, -0.15) is 18.3 Å². The Balaban J connectivity index is 2.00. The first-order valence-electron chi connectivity index (χ1n) is 5.16. The first-order valence-corrected chi connectivity index (χ1v) is 5.97. The van der Waals surface area contributed by atoms with Crippen LogP contribution in [0.2, 0.25) is 0 Å². The van der Waals surface area contributed by atoms with Crippen LogP contribution in [-0.4, -0.2) is 26.8 Å². The largest absolute Gasteiger partial charge is 0.471 e. The van der Waals surface area contributed by atoms with Gasteiger partial charge in [-0.3, -0.25) is 9.48 Å². The predicted octanol–water partition coefficient (Wildman–Crippen LogP) is 1.72. The van der Waals surface area contributed by atoms with Gasteiger partial charge in [0.25, 0.3) is 0 Å². The molecule has 0 fully saturated rings. The van der Waals surface area contributed by atoms with Gasteiger partial charge in [0.05, 0.1) is 6.54 Å². The molecule has 0 spiro atoms. The van der Waals surface area contributed by atoms with Crippen LogP contribution < -0.4 is 5.32 Å². The van der Waals surface area contributed by atoms with E-state index in [9.17, 15) is 18.0 Å². The quantitative estimate of drug-likeness (QED) is 0.936. The van der Waals surface area contributed by atoms with Crippen molar-refractivity contribution in [2.24, 2.45) is 7.05 Å². The fourth-order valence-electron chi connectivity index (χ4n) is 1.30. The van der Waals surface area contributed by atoms with Crippen molar-refractivity contribution < 1.29 is 18.0 Å². The molecule has 2 aromatic heterocycles. The Morgan fingerprint density at radius 2 is 2.26 bits per heavy atom. The van der Waals surface area contributed by atoms with Crippen molar-refractivity contribution in [1.82, 2.24) is 20.1 Å². The van der Waals surface area contributed by atoms with E-state index in [-0.39, 0.29) is 6.54 Å². The monoisotopic (exact) mass is 290 g/mol.